The van der Waals surface area contributed by atoms with E-state index in [9.17, 15) is 0 Å². The Balaban J connectivity index is 1.19. The Morgan fingerprint density at radius 2 is 1.65 bits per heavy atom. The van der Waals surface area contributed by atoms with Crippen molar-refractivity contribution in [1.82, 2.24) is 15.0 Å². The molecular weight excluding hydrogens is 394 g/mol. The van der Waals surface area contributed by atoms with Gasteiger partial charge in [0.15, 0.2) is 11.5 Å². The van der Waals surface area contributed by atoms with Gasteiger partial charge in [0.1, 0.15) is 11.5 Å². The van der Waals surface area contributed by atoms with Crippen LogP contribution in [0.5, 0.6) is 23.0 Å². The molecule has 2 heterocycles. The minimum atomic E-state index is 0.237. The SMILES string of the molecule is CN(Cc1ccc(Oc2ccccc2)cc1)Cc1nc(-c2ccc3c(c2)OCO3)no1. The van der Waals surface area contributed by atoms with Crippen molar-refractivity contribution in [3.05, 3.63) is 84.3 Å². The highest BCUT2D eigenvalue weighted by Gasteiger charge is 2.17. The smallest absolute Gasteiger partial charge is 0.241 e. The molecule has 5 rings (SSSR count). The zero-order valence-electron chi connectivity index (χ0n) is 17.0. The third-order valence-electron chi connectivity index (χ3n) is 4.86. The number of para-hydroxylation sites is 1. The number of hydrogen-bond acceptors (Lipinski definition) is 7. The Morgan fingerprint density at radius 3 is 2.48 bits per heavy atom. The summed E-state index contributed by atoms with van der Waals surface area (Å²) in [6.07, 6.45) is 0. The maximum Gasteiger partial charge on any atom is 0.241 e. The number of nitrogens with zero attached hydrogens (tertiary/aromatic N) is 3. The normalized spacial score (nSPS) is 12.3. The molecule has 0 spiro atoms. The summed E-state index contributed by atoms with van der Waals surface area (Å²) >= 11 is 0. The standard InChI is InChI=1S/C24H21N3O4/c1-27(14-17-7-10-20(11-8-17)30-19-5-3-2-4-6-19)15-23-25-24(26-31-23)18-9-12-21-22(13-18)29-16-28-21/h2-13H,14-16H2,1H3. The van der Waals surface area contributed by atoms with Gasteiger partial charge in [-0.3, -0.25) is 4.90 Å². The van der Waals surface area contributed by atoms with E-state index in [1.165, 1.54) is 5.56 Å². The van der Waals surface area contributed by atoms with Gasteiger partial charge in [-0.25, -0.2) is 0 Å². The van der Waals surface area contributed by atoms with E-state index in [0.717, 1.165) is 29.4 Å². The van der Waals surface area contributed by atoms with Crippen molar-refractivity contribution in [2.24, 2.45) is 0 Å². The van der Waals surface area contributed by atoms with E-state index in [-0.39, 0.29) is 6.79 Å². The fraction of sp³-hybridized carbons (Fsp3) is 0.167. The zero-order valence-corrected chi connectivity index (χ0v) is 17.0. The monoisotopic (exact) mass is 415 g/mol. The van der Waals surface area contributed by atoms with Gasteiger partial charge in [-0.1, -0.05) is 35.5 Å². The molecule has 1 aliphatic rings. The van der Waals surface area contributed by atoms with E-state index in [1.54, 1.807) is 0 Å². The maximum atomic E-state index is 5.84. The summed E-state index contributed by atoms with van der Waals surface area (Å²) < 4.78 is 22.0. The lowest BCUT2D eigenvalue weighted by Crippen LogP contribution is -2.17. The predicted molar refractivity (Wildman–Crippen MR) is 114 cm³/mol. The summed E-state index contributed by atoms with van der Waals surface area (Å²) in [7, 11) is 2.01. The average molecular weight is 415 g/mol. The fourth-order valence-corrected chi connectivity index (χ4v) is 3.36. The molecule has 7 nitrogen and oxygen atoms in total. The Kier molecular flexibility index (Phi) is 5.24. The molecule has 7 heteroatoms. The Morgan fingerprint density at radius 1 is 0.871 bits per heavy atom. The van der Waals surface area contributed by atoms with Crippen LogP contribution in [0.15, 0.2) is 77.3 Å². The molecule has 0 aliphatic carbocycles. The van der Waals surface area contributed by atoms with Gasteiger partial charge < -0.3 is 18.7 Å². The summed E-state index contributed by atoms with van der Waals surface area (Å²) in [4.78, 5) is 6.63. The van der Waals surface area contributed by atoms with E-state index in [1.807, 2.05) is 67.7 Å². The van der Waals surface area contributed by atoms with Crippen molar-refractivity contribution in [3.8, 4) is 34.4 Å². The van der Waals surface area contributed by atoms with Crippen molar-refractivity contribution >= 4 is 0 Å². The first-order chi connectivity index (χ1) is 15.2. The van der Waals surface area contributed by atoms with Crippen molar-refractivity contribution in [2.75, 3.05) is 13.8 Å². The van der Waals surface area contributed by atoms with Crippen molar-refractivity contribution in [2.45, 2.75) is 13.1 Å². The molecule has 0 atom stereocenters. The number of aromatic nitrogens is 2. The van der Waals surface area contributed by atoms with Gasteiger partial charge in [-0.15, -0.1) is 0 Å². The maximum absolute atomic E-state index is 5.84. The van der Waals surface area contributed by atoms with Gasteiger partial charge in [0, 0.05) is 12.1 Å². The molecule has 0 unspecified atom stereocenters. The first-order valence-electron chi connectivity index (χ1n) is 9.96. The van der Waals surface area contributed by atoms with Gasteiger partial charge >= 0.3 is 0 Å². The van der Waals surface area contributed by atoms with Crippen LogP contribution in [0.2, 0.25) is 0 Å². The second kappa shape index (κ2) is 8.49. The summed E-state index contributed by atoms with van der Waals surface area (Å²) in [5.41, 5.74) is 1.99. The second-order valence-electron chi connectivity index (χ2n) is 7.31. The Hall–Kier alpha value is -3.84. The molecule has 0 fully saturated rings. The highest BCUT2D eigenvalue weighted by molar-refractivity contribution is 5.61. The fourth-order valence-electron chi connectivity index (χ4n) is 3.36. The second-order valence-corrected chi connectivity index (χ2v) is 7.31. The van der Waals surface area contributed by atoms with Crippen LogP contribution in [0.1, 0.15) is 11.5 Å². The van der Waals surface area contributed by atoms with Crippen LogP contribution in [-0.2, 0) is 13.1 Å². The van der Waals surface area contributed by atoms with Gasteiger partial charge in [-0.05, 0) is 55.1 Å². The first-order valence-corrected chi connectivity index (χ1v) is 9.96. The van der Waals surface area contributed by atoms with E-state index < -0.39 is 0 Å². The lowest BCUT2D eigenvalue weighted by Gasteiger charge is -2.14. The zero-order chi connectivity index (χ0) is 21.0. The molecule has 0 amide bonds. The molecule has 0 saturated carbocycles. The summed E-state index contributed by atoms with van der Waals surface area (Å²) in [6, 6.07) is 23.4. The predicted octanol–water partition coefficient (Wildman–Crippen LogP) is 4.89. The molecule has 0 bridgehead atoms. The van der Waals surface area contributed by atoms with Crippen molar-refractivity contribution < 1.29 is 18.7 Å². The number of rotatable bonds is 7. The number of hydrogen-bond donors (Lipinski definition) is 0. The number of fused-ring (bicyclic) bond motifs is 1. The third-order valence-corrected chi connectivity index (χ3v) is 4.86. The summed E-state index contributed by atoms with van der Waals surface area (Å²) in [6.45, 7) is 1.52. The first kappa shape index (κ1) is 19.1. The van der Waals surface area contributed by atoms with Crippen LogP contribution in [0, 0.1) is 0 Å². The average Bonchev–Trinajstić information content (AvgIpc) is 3.45. The third kappa shape index (κ3) is 4.51. The lowest BCUT2D eigenvalue weighted by molar-refractivity contribution is 0.174. The molecule has 156 valence electrons. The lowest BCUT2D eigenvalue weighted by atomic mass is 10.2. The molecule has 0 saturated heterocycles. The molecular formula is C24H21N3O4. The van der Waals surface area contributed by atoms with E-state index in [4.69, 9.17) is 18.7 Å². The summed E-state index contributed by atoms with van der Waals surface area (Å²) in [5.74, 6) is 4.14. The number of benzene rings is 3. The van der Waals surface area contributed by atoms with Crippen LogP contribution in [0.4, 0.5) is 0 Å². The van der Waals surface area contributed by atoms with Gasteiger partial charge in [0.2, 0.25) is 18.5 Å². The topological polar surface area (TPSA) is 69.9 Å². The molecule has 31 heavy (non-hydrogen) atoms. The van der Waals surface area contributed by atoms with Crippen LogP contribution >= 0.6 is 0 Å². The molecule has 1 aromatic heterocycles. The van der Waals surface area contributed by atoms with E-state index >= 15 is 0 Å². The van der Waals surface area contributed by atoms with E-state index in [0.29, 0.717) is 24.0 Å². The van der Waals surface area contributed by atoms with Crippen molar-refractivity contribution in [3.63, 3.8) is 0 Å². The highest BCUT2D eigenvalue weighted by atomic mass is 16.7. The largest absolute Gasteiger partial charge is 0.457 e. The molecule has 1 aliphatic heterocycles. The minimum absolute atomic E-state index is 0.237. The number of ether oxygens (including phenoxy) is 3. The van der Waals surface area contributed by atoms with Gasteiger partial charge in [-0.2, -0.15) is 4.98 Å². The van der Waals surface area contributed by atoms with Gasteiger partial charge in [0.05, 0.1) is 6.54 Å². The molecule has 0 N–H and O–H groups in total. The Bertz CT molecular complexity index is 1160. The highest BCUT2D eigenvalue weighted by Crippen LogP contribution is 2.35. The molecule has 0 radical (unpaired) electrons. The quantitative estimate of drug-likeness (QED) is 0.426. The summed E-state index contributed by atoms with van der Waals surface area (Å²) in [5, 5.41) is 4.10. The van der Waals surface area contributed by atoms with Crippen LogP contribution < -0.4 is 14.2 Å². The van der Waals surface area contributed by atoms with Gasteiger partial charge in [0.25, 0.3) is 0 Å². The van der Waals surface area contributed by atoms with Crippen LogP contribution in [0.25, 0.3) is 11.4 Å². The minimum Gasteiger partial charge on any atom is -0.457 e. The molecule has 3 aromatic carbocycles. The van der Waals surface area contributed by atoms with Crippen molar-refractivity contribution in [1.29, 1.82) is 0 Å². The molecule has 4 aromatic rings. The van der Waals surface area contributed by atoms with Crippen LogP contribution in [0.3, 0.4) is 0 Å². The van der Waals surface area contributed by atoms with E-state index in [2.05, 4.69) is 27.2 Å². The van der Waals surface area contributed by atoms with Crippen LogP contribution in [-0.4, -0.2) is 28.9 Å². The Labute approximate surface area is 179 Å².